The van der Waals surface area contributed by atoms with Crippen molar-refractivity contribution in [2.75, 3.05) is 6.61 Å². The van der Waals surface area contributed by atoms with E-state index >= 15 is 0 Å². The van der Waals surface area contributed by atoms with Crippen LogP contribution in [-0.2, 0) is 9.53 Å². The van der Waals surface area contributed by atoms with E-state index in [4.69, 9.17) is 4.74 Å². The second-order valence-corrected chi connectivity index (χ2v) is 4.42. The van der Waals surface area contributed by atoms with Crippen molar-refractivity contribution in [1.82, 2.24) is 4.98 Å². The van der Waals surface area contributed by atoms with E-state index in [-0.39, 0.29) is 6.61 Å². The minimum atomic E-state index is -1.26. The van der Waals surface area contributed by atoms with Crippen LogP contribution < -0.4 is 0 Å². The Bertz CT molecular complexity index is 550. The van der Waals surface area contributed by atoms with E-state index in [2.05, 4.69) is 20.9 Å². The third-order valence-electron chi connectivity index (χ3n) is 2.49. The van der Waals surface area contributed by atoms with Crippen LogP contribution in [0.15, 0.2) is 28.9 Å². The van der Waals surface area contributed by atoms with Gasteiger partial charge >= 0.3 is 5.97 Å². The van der Waals surface area contributed by atoms with Gasteiger partial charge in [-0.15, -0.1) is 0 Å². The third-order valence-corrected chi connectivity index (χ3v) is 3.12. The highest BCUT2D eigenvalue weighted by molar-refractivity contribution is 9.10. The highest BCUT2D eigenvalue weighted by Gasteiger charge is 2.22. The van der Waals surface area contributed by atoms with Gasteiger partial charge in [0.2, 0.25) is 0 Å². The van der Waals surface area contributed by atoms with E-state index in [9.17, 15) is 9.90 Å². The molecule has 1 aromatic heterocycles. The summed E-state index contributed by atoms with van der Waals surface area (Å²) in [6, 6.07) is 5.37. The maximum Gasteiger partial charge on any atom is 0.339 e. The van der Waals surface area contributed by atoms with Gasteiger partial charge in [0.05, 0.1) is 6.61 Å². The number of fused-ring (bicyclic) bond motifs is 1. The molecule has 0 saturated carbocycles. The number of nitrogens with one attached hydrogen (secondary N) is 1. The van der Waals surface area contributed by atoms with Gasteiger partial charge in [0.25, 0.3) is 0 Å². The predicted molar refractivity (Wildman–Crippen MR) is 67.6 cm³/mol. The first-order valence-electron chi connectivity index (χ1n) is 5.25. The zero-order chi connectivity index (χ0) is 12.4. The van der Waals surface area contributed by atoms with Gasteiger partial charge in [-0.2, -0.15) is 0 Å². The lowest BCUT2D eigenvalue weighted by molar-refractivity contribution is -0.153. The summed E-state index contributed by atoms with van der Waals surface area (Å²) in [5.41, 5.74) is 1.40. The summed E-state index contributed by atoms with van der Waals surface area (Å²) < 4.78 is 5.62. The maximum absolute atomic E-state index is 11.5. The van der Waals surface area contributed by atoms with Crippen molar-refractivity contribution in [2.45, 2.75) is 13.0 Å². The SMILES string of the molecule is CCOC(=O)C(O)c1cccc2[nH]cc(Br)c12. The molecule has 2 rings (SSSR count). The van der Waals surface area contributed by atoms with Crippen LogP contribution >= 0.6 is 15.9 Å². The molecule has 1 unspecified atom stereocenters. The standard InChI is InChI=1S/C12H12BrNO3/c1-2-17-12(16)11(15)7-4-3-5-9-10(7)8(13)6-14-9/h3-6,11,14-15H,2H2,1H3. The summed E-state index contributed by atoms with van der Waals surface area (Å²) in [4.78, 5) is 14.6. The Kier molecular flexibility index (Phi) is 3.49. The van der Waals surface area contributed by atoms with Gasteiger partial charge in [-0.1, -0.05) is 12.1 Å². The smallest absolute Gasteiger partial charge is 0.339 e. The molecular weight excluding hydrogens is 286 g/mol. The number of aliphatic hydroxyl groups excluding tert-OH is 1. The van der Waals surface area contributed by atoms with E-state index < -0.39 is 12.1 Å². The summed E-state index contributed by atoms with van der Waals surface area (Å²) in [5, 5.41) is 10.8. The number of H-pyrrole nitrogens is 1. The summed E-state index contributed by atoms with van der Waals surface area (Å²) in [6.07, 6.45) is 0.511. The second kappa shape index (κ2) is 4.89. The number of rotatable bonds is 3. The Labute approximate surface area is 107 Å². The number of halogens is 1. The molecule has 0 fully saturated rings. The molecule has 0 aliphatic rings. The zero-order valence-corrected chi connectivity index (χ0v) is 10.8. The molecule has 0 radical (unpaired) electrons. The number of ether oxygens (including phenoxy) is 1. The monoisotopic (exact) mass is 297 g/mol. The van der Waals surface area contributed by atoms with Crippen LogP contribution in [0.3, 0.4) is 0 Å². The van der Waals surface area contributed by atoms with Gasteiger partial charge in [0.1, 0.15) is 0 Å². The van der Waals surface area contributed by atoms with Crippen molar-refractivity contribution < 1.29 is 14.6 Å². The van der Waals surface area contributed by atoms with E-state index in [0.29, 0.717) is 5.56 Å². The molecule has 2 aromatic rings. The summed E-state index contributed by atoms with van der Waals surface area (Å²) >= 11 is 3.38. The van der Waals surface area contributed by atoms with Crippen molar-refractivity contribution >= 4 is 32.8 Å². The Balaban J connectivity index is 2.47. The fourth-order valence-electron chi connectivity index (χ4n) is 1.75. The Morgan fingerprint density at radius 3 is 3.06 bits per heavy atom. The highest BCUT2D eigenvalue weighted by Crippen LogP contribution is 2.31. The second-order valence-electron chi connectivity index (χ2n) is 3.56. The fraction of sp³-hybridized carbons (Fsp3) is 0.250. The summed E-state index contributed by atoms with van der Waals surface area (Å²) in [6.45, 7) is 1.96. The van der Waals surface area contributed by atoms with Gasteiger partial charge in [-0.25, -0.2) is 4.79 Å². The third kappa shape index (κ3) is 2.21. The quantitative estimate of drug-likeness (QED) is 0.856. The topological polar surface area (TPSA) is 62.3 Å². The fourth-order valence-corrected chi connectivity index (χ4v) is 2.30. The molecule has 1 heterocycles. The zero-order valence-electron chi connectivity index (χ0n) is 9.24. The number of benzene rings is 1. The number of carbonyl (C=O) groups excluding carboxylic acids is 1. The van der Waals surface area contributed by atoms with E-state index in [1.165, 1.54) is 0 Å². The van der Waals surface area contributed by atoms with Crippen molar-refractivity contribution in [1.29, 1.82) is 0 Å². The van der Waals surface area contributed by atoms with Crippen molar-refractivity contribution in [2.24, 2.45) is 0 Å². The molecule has 17 heavy (non-hydrogen) atoms. The molecule has 0 aliphatic heterocycles. The lowest BCUT2D eigenvalue weighted by Crippen LogP contribution is -2.15. The molecule has 0 bridgehead atoms. The first-order chi connectivity index (χ1) is 8.15. The molecule has 0 amide bonds. The highest BCUT2D eigenvalue weighted by atomic mass is 79.9. The van der Waals surface area contributed by atoms with Gasteiger partial charge in [0, 0.05) is 27.1 Å². The maximum atomic E-state index is 11.5. The lowest BCUT2D eigenvalue weighted by Gasteiger charge is -2.11. The summed E-state index contributed by atoms with van der Waals surface area (Å²) in [7, 11) is 0. The van der Waals surface area contributed by atoms with Crippen molar-refractivity contribution in [3.05, 3.63) is 34.4 Å². The molecule has 1 aromatic carbocycles. The molecule has 0 spiro atoms. The van der Waals surface area contributed by atoms with Crippen LogP contribution in [0.4, 0.5) is 0 Å². The van der Waals surface area contributed by atoms with Crippen LogP contribution in [-0.4, -0.2) is 22.7 Å². The van der Waals surface area contributed by atoms with Crippen LogP contribution in [0, 0.1) is 0 Å². The van der Waals surface area contributed by atoms with Crippen LogP contribution in [0.25, 0.3) is 10.9 Å². The number of aromatic amines is 1. The van der Waals surface area contributed by atoms with Crippen molar-refractivity contribution in [3.63, 3.8) is 0 Å². The first-order valence-corrected chi connectivity index (χ1v) is 6.04. The molecule has 0 saturated heterocycles. The lowest BCUT2D eigenvalue weighted by atomic mass is 10.1. The Morgan fingerprint density at radius 1 is 1.59 bits per heavy atom. The normalized spacial score (nSPS) is 12.6. The molecule has 4 nitrogen and oxygen atoms in total. The van der Waals surface area contributed by atoms with E-state index in [1.807, 2.05) is 6.07 Å². The molecule has 1 atom stereocenters. The minimum absolute atomic E-state index is 0.250. The molecule has 2 N–H and O–H groups in total. The van der Waals surface area contributed by atoms with Gasteiger partial charge < -0.3 is 14.8 Å². The predicted octanol–water partition coefficient (Wildman–Crippen LogP) is 2.53. The molecular formula is C12H12BrNO3. The van der Waals surface area contributed by atoms with Gasteiger partial charge in [0.15, 0.2) is 6.10 Å². The number of aliphatic hydroxyl groups is 1. The molecule has 5 heteroatoms. The summed E-state index contributed by atoms with van der Waals surface area (Å²) in [5.74, 6) is -0.631. The average Bonchev–Trinajstić information content (AvgIpc) is 2.71. The van der Waals surface area contributed by atoms with Crippen LogP contribution in [0.1, 0.15) is 18.6 Å². The van der Waals surface area contributed by atoms with E-state index in [1.54, 1.807) is 25.3 Å². The van der Waals surface area contributed by atoms with Gasteiger partial charge in [-0.05, 0) is 28.9 Å². The minimum Gasteiger partial charge on any atom is -0.464 e. The number of hydrogen-bond donors (Lipinski definition) is 2. The van der Waals surface area contributed by atoms with Crippen LogP contribution in [0.5, 0.6) is 0 Å². The number of carbonyl (C=O) groups is 1. The Morgan fingerprint density at radius 2 is 2.35 bits per heavy atom. The number of aromatic nitrogens is 1. The average molecular weight is 298 g/mol. The number of esters is 1. The Hall–Kier alpha value is -1.33. The molecule has 0 aliphatic carbocycles. The first kappa shape index (κ1) is 12.1. The van der Waals surface area contributed by atoms with Gasteiger partial charge in [-0.3, -0.25) is 0 Å². The van der Waals surface area contributed by atoms with Crippen molar-refractivity contribution in [3.8, 4) is 0 Å². The number of hydrogen-bond acceptors (Lipinski definition) is 3. The van der Waals surface area contributed by atoms with E-state index in [0.717, 1.165) is 15.4 Å². The van der Waals surface area contributed by atoms with Crippen LogP contribution in [0.2, 0.25) is 0 Å². The largest absolute Gasteiger partial charge is 0.464 e. The molecule has 90 valence electrons.